The topological polar surface area (TPSA) is 61.5 Å². The molecule has 2 N–H and O–H groups in total. The molecule has 0 aromatic heterocycles. The van der Waals surface area contributed by atoms with Gasteiger partial charge in [-0.05, 0) is 26.7 Å². The normalized spacial score (nSPS) is 26.4. The van der Waals surface area contributed by atoms with Crippen molar-refractivity contribution in [1.29, 1.82) is 0 Å². The van der Waals surface area contributed by atoms with Crippen LogP contribution in [-0.4, -0.2) is 31.8 Å². The van der Waals surface area contributed by atoms with Gasteiger partial charge in [0.2, 0.25) is 0 Å². The highest BCUT2D eigenvalue weighted by molar-refractivity contribution is 5.75. The highest BCUT2D eigenvalue weighted by Crippen LogP contribution is 2.23. The molecule has 0 bridgehead atoms. The summed E-state index contributed by atoms with van der Waals surface area (Å²) < 4.78 is 10.6. The Balaban J connectivity index is 2.45. The Kier molecular flexibility index (Phi) is 5.40. The third-order valence-corrected chi connectivity index (χ3v) is 3.40. The van der Waals surface area contributed by atoms with E-state index in [0.717, 1.165) is 19.3 Å². The van der Waals surface area contributed by atoms with E-state index in [4.69, 9.17) is 15.2 Å². The molecule has 2 atom stereocenters. The second kappa shape index (κ2) is 6.36. The van der Waals surface area contributed by atoms with Gasteiger partial charge in [-0.3, -0.25) is 4.79 Å². The summed E-state index contributed by atoms with van der Waals surface area (Å²) in [6.07, 6.45) is 5.68. The average Bonchev–Trinajstić information content (AvgIpc) is 2.50. The van der Waals surface area contributed by atoms with Crippen molar-refractivity contribution in [2.75, 3.05) is 13.7 Å². The Hall–Kier alpha value is -0.610. The van der Waals surface area contributed by atoms with Crippen molar-refractivity contribution in [3.8, 4) is 0 Å². The van der Waals surface area contributed by atoms with Crippen LogP contribution >= 0.6 is 0 Å². The zero-order valence-corrected chi connectivity index (χ0v) is 11.2. The van der Waals surface area contributed by atoms with Crippen LogP contribution in [0.3, 0.4) is 0 Å². The molecule has 0 saturated heterocycles. The molecular formula is C13H25NO3. The van der Waals surface area contributed by atoms with Gasteiger partial charge in [0, 0.05) is 6.04 Å². The monoisotopic (exact) mass is 243 g/mol. The van der Waals surface area contributed by atoms with Crippen molar-refractivity contribution >= 4 is 5.97 Å². The largest absolute Gasteiger partial charge is 0.469 e. The number of ether oxygens (including phenoxy) is 2. The minimum atomic E-state index is -0.596. The van der Waals surface area contributed by atoms with Crippen LogP contribution in [0.2, 0.25) is 0 Å². The molecule has 1 aliphatic rings. The molecular weight excluding hydrogens is 218 g/mol. The molecule has 0 aromatic rings. The fourth-order valence-corrected chi connectivity index (χ4v) is 2.16. The summed E-state index contributed by atoms with van der Waals surface area (Å²) in [5.41, 5.74) is 5.48. The number of nitrogens with two attached hydrogens (primary N) is 1. The third kappa shape index (κ3) is 4.28. The minimum absolute atomic E-state index is 0.0847. The molecule has 2 unspecified atom stereocenters. The molecule has 0 spiro atoms. The first-order valence-corrected chi connectivity index (χ1v) is 6.43. The Morgan fingerprint density at radius 2 is 1.94 bits per heavy atom. The smallest absolute Gasteiger partial charge is 0.313 e. The van der Waals surface area contributed by atoms with Gasteiger partial charge in [0.1, 0.15) is 0 Å². The third-order valence-electron chi connectivity index (χ3n) is 3.40. The van der Waals surface area contributed by atoms with Gasteiger partial charge in [0.15, 0.2) is 0 Å². The van der Waals surface area contributed by atoms with Crippen LogP contribution in [-0.2, 0) is 14.3 Å². The van der Waals surface area contributed by atoms with E-state index in [0.29, 0.717) is 6.61 Å². The summed E-state index contributed by atoms with van der Waals surface area (Å²) in [6, 6.07) is 0.103. The predicted octanol–water partition coefficient (Wildman–Crippen LogP) is 1.86. The van der Waals surface area contributed by atoms with Gasteiger partial charge >= 0.3 is 5.97 Å². The Bertz CT molecular complexity index is 253. The van der Waals surface area contributed by atoms with Crippen LogP contribution < -0.4 is 5.73 Å². The van der Waals surface area contributed by atoms with E-state index in [-0.39, 0.29) is 18.1 Å². The van der Waals surface area contributed by atoms with Crippen molar-refractivity contribution in [3.05, 3.63) is 0 Å². The predicted molar refractivity (Wildman–Crippen MR) is 66.6 cm³/mol. The molecule has 0 heterocycles. The summed E-state index contributed by atoms with van der Waals surface area (Å²) in [6.45, 7) is 4.04. The molecule has 1 aliphatic carbocycles. The van der Waals surface area contributed by atoms with Crippen molar-refractivity contribution in [2.24, 2.45) is 11.1 Å². The second-order valence-electron chi connectivity index (χ2n) is 5.53. The number of hydrogen-bond donors (Lipinski definition) is 1. The molecule has 17 heavy (non-hydrogen) atoms. The number of carbonyl (C=O) groups excluding carboxylic acids is 1. The molecule has 4 nitrogen and oxygen atoms in total. The summed E-state index contributed by atoms with van der Waals surface area (Å²) in [5.74, 6) is -0.236. The lowest BCUT2D eigenvalue weighted by atomic mass is 9.95. The molecule has 1 fully saturated rings. The fourth-order valence-electron chi connectivity index (χ4n) is 2.16. The van der Waals surface area contributed by atoms with E-state index >= 15 is 0 Å². The fraction of sp³-hybridized carbons (Fsp3) is 0.923. The summed E-state index contributed by atoms with van der Waals surface area (Å²) in [7, 11) is 1.40. The number of rotatable bonds is 4. The van der Waals surface area contributed by atoms with Crippen molar-refractivity contribution in [2.45, 2.75) is 58.1 Å². The number of esters is 1. The number of methoxy groups -OCH3 is 1. The van der Waals surface area contributed by atoms with Crippen molar-refractivity contribution in [1.82, 2.24) is 0 Å². The van der Waals surface area contributed by atoms with Crippen LogP contribution in [0.4, 0.5) is 0 Å². The van der Waals surface area contributed by atoms with Crippen LogP contribution in [0.5, 0.6) is 0 Å². The van der Waals surface area contributed by atoms with Crippen LogP contribution in [0.1, 0.15) is 46.0 Å². The van der Waals surface area contributed by atoms with Gasteiger partial charge in [-0.2, -0.15) is 0 Å². The van der Waals surface area contributed by atoms with Gasteiger partial charge in [0.05, 0.1) is 25.2 Å². The van der Waals surface area contributed by atoms with Gasteiger partial charge in [-0.25, -0.2) is 0 Å². The molecule has 100 valence electrons. The van der Waals surface area contributed by atoms with Crippen LogP contribution in [0.25, 0.3) is 0 Å². The Labute approximate surface area is 104 Å². The average molecular weight is 243 g/mol. The maximum Gasteiger partial charge on any atom is 0.313 e. The molecule has 0 aromatic carbocycles. The Morgan fingerprint density at radius 1 is 1.29 bits per heavy atom. The van der Waals surface area contributed by atoms with Gasteiger partial charge < -0.3 is 15.2 Å². The van der Waals surface area contributed by atoms with E-state index < -0.39 is 5.41 Å². The van der Waals surface area contributed by atoms with Gasteiger partial charge in [0.25, 0.3) is 0 Å². The summed E-state index contributed by atoms with van der Waals surface area (Å²) in [4.78, 5) is 11.5. The zero-order valence-electron chi connectivity index (χ0n) is 11.2. The maximum atomic E-state index is 11.5. The lowest BCUT2D eigenvalue weighted by Gasteiger charge is -2.27. The van der Waals surface area contributed by atoms with E-state index in [2.05, 4.69) is 0 Å². The quantitative estimate of drug-likeness (QED) is 0.605. The molecule has 1 rings (SSSR count). The summed E-state index contributed by atoms with van der Waals surface area (Å²) in [5, 5.41) is 0. The van der Waals surface area contributed by atoms with E-state index in [1.54, 1.807) is 0 Å². The second-order valence-corrected chi connectivity index (χ2v) is 5.53. The van der Waals surface area contributed by atoms with Gasteiger partial charge in [-0.1, -0.05) is 19.3 Å². The molecule has 0 amide bonds. The zero-order chi connectivity index (χ0) is 12.9. The first-order valence-electron chi connectivity index (χ1n) is 6.43. The standard InChI is InChI=1S/C13H25NO3/c1-13(2,12(15)16-3)9-17-11-8-6-4-5-7-10(11)14/h10-11H,4-9,14H2,1-3H3. The molecule has 1 saturated carbocycles. The highest BCUT2D eigenvalue weighted by Gasteiger charge is 2.31. The van der Waals surface area contributed by atoms with E-state index in [1.165, 1.54) is 20.0 Å². The van der Waals surface area contributed by atoms with Gasteiger partial charge in [-0.15, -0.1) is 0 Å². The lowest BCUT2D eigenvalue weighted by molar-refractivity contribution is -0.155. The SMILES string of the molecule is COC(=O)C(C)(C)COC1CCCCCC1N. The maximum absolute atomic E-state index is 11.5. The van der Waals surface area contributed by atoms with E-state index in [1.807, 2.05) is 13.8 Å². The highest BCUT2D eigenvalue weighted by atomic mass is 16.5. The number of hydrogen-bond acceptors (Lipinski definition) is 4. The first kappa shape index (κ1) is 14.5. The lowest BCUT2D eigenvalue weighted by Crippen LogP contribution is -2.40. The number of carbonyl (C=O) groups is 1. The minimum Gasteiger partial charge on any atom is -0.469 e. The first-order chi connectivity index (χ1) is 7.97. The summed E-state index contributed by atoms with van der Waals surface area (Å²) >= 11 is 0. The van der Waals surface area contributed by atoms with Crippen molar-refractivity contribution in [3.63, 3.8) is 0 Å². The molecule has 4 heteroatoms. The Morgan fingerprint density at radius 3 is 2.59 bits per heavy atom. The van der Waals surface area contributed by atoms with Crippen LogP contribution in [0, 0.1) is 5.41 Å². The molecule has 0 aliphatic heterocycles. The van der Waals surface area contributed by atoms with E-state index in [9.17, 15) is 4.79 Å². The molecule has 0 radical (unpaired) electrons. The van der Waals surface area contributed by atoms with Crippen molar-refractivity contribution < 1.29 is 14.3 Å². The van der Waals surface area contributed by atoms with Crippen LogP contribution in [0.15, 0.2) is 0 Å².